The Morgan fingerprint density at radius 2 is 1.71 bits per heavy atom. The number of rotatable bonds is 6. The van der Waals surface area contributed by atoms with Gasteiger partial charge in [0.2, 0.25) is 5.91 Å². The van der Waals surface area contributed by atoms with Crippen molar-refractivity contribution >= 4 is 40.1 Å². The normalized spacial score (nSPS) is 15.5. The Balaban J connectivity index is 1.36. The average Bonchev–Trinajstić information content (AvgIpc) is 2.83. The summed E-state index contributed by atoms with van der Waals surface area (Å²) in [6.07, 6.45) is 0. The maximum absolute atomic E-state index is 13.2. The van der Waals surface area contributed by atoms with Crippen LogP contribution in [0.3, 0.4) is 0 Å². The fourth-order valence-corrected chi connectivity index (χ4v) is 4.21. The lowest BCUT2D eigenvalue weighted by Gasteiger charge is -2.37. The highest BCUT2D eigenvalue weighted by atomic mass is 35.5. The van der Waals surface area contributed by atoms with Crippen molar-refractivity contribution in [1.82, 2.24) is 25.1 Å². The van der Waals surface area contributed by atoms with Gasteiger partial charge in [-0.15, -0.1) is 0 Å². The van der Waals surface area contributed by atoms with Crippen LogP contribution in [0.2, 0.25) is 5.02 Å². The highest BCUT2D eigenvalue weighted by molar-refractivity contribution is 6.30. The van der Waals surface area contributed by atoms with Gasteiger partial charge in [0.15, 0.2) is 0 Å². The summed E-state index contributed by atoms with van der Waals surface area (Å²) in [6, 6.07) is 13.7. The number of halogens is 1. The van der Waals surface area contributed by atoms with Crippen molar-refractivity contribution in [1.29, 1.82) is 0 Å². The molecule has 1 aliphatic heterocycles. The Kier molecular flexibility index (Phi) is 7.29. The molecule has 1 atom stereocenters. The van der Waals surface area contributed by atoms with Crippen LogP contribution in [0, 0.1) is 5.92 Å². The molecule has 4 rings (SSSR count). The summed E-state index contributed by atoms with van der Waals surface area (Å²) >= 11 is 5.91. The van der Waals surface area contributed by atoms with Gasteiger partial charge in [-0.3, -0.25) is 14.5 Å². The Hall–Kier alpha value is -3.23. The summed E-state index contributed by atoms with van der Waals surface area (Å²) in [4.78, 5) is 39.0. The number of piperazine rings is 1. The number of benzene rings is 2. The van der Waals surface area contributed by atoms with Crippen molar-refractivity contribution in [3.8, 4) is 0 Å². The monoisotopic (exact) mass is 480 g/mol. The van der Waals surface area contributed by atoms with Crippen LogP contribution in [0.4, 0.5) is 5.82 Å². The standard InChI is InChI=1S/C25H29ClN6O2/c1-16(2)22(30-24(33)17-7-9-18(26)10-8-17)25(34)32-13-11-31(12-14-32)15-21-28-20-6-4-3-5-19(20)23(27)29-21/h3-10,16,22H,11-15H2,1-2H3,(H,30,33)(H2,27,28,29)/t22-/m0/s1. The second-order valence-electron chi connectivity index (χ2n) is 8.85. The second-order valence-corrected chi connectivity index (χ2v) is 9.28. The maximum atomic E-state index is 13.2. The number of nitrogen functional groups attached to an aromatic ring is 1. The van der Waals surface area contributed by atoms with Gasteiger partial charge < -0.3 is 16.0 Å². The Labute approximate surface area is 204 Å². The largest absolute Gasteiger partial charge is 0.383 e. The Bertz CT molecular complexity index is 1180. The molecule has 0 unspecified atom stereocenters. The molecule has 2 aromatic carbocycles. The van der Waals surface area contributed by atoms with Crippen molar-refractivity contribution in [2.24, 2.45) is 5.92 Å². The molecule has 1 fully saturated rings. The lowest BCUT2D eigenvalue weighted by atomic mass is 10.0. The van der Waals surface area contributed by atoms with Gasteiger partial charge in [0.05, 0.1) is 12.1 Å². The molecule has 1 saturated heterocycles. The molecule has 3 aromatic rings. The van der Waals surface area contributed by atoms with Gasteiger partial charge in [0, 0.05) is 42.2 Å². The fourth-order valence-electron chi connectivity index (χ4n) is 4.08. The number of para-hydroxylation sites is 1. The molecule has 34 heavy (non-hydrogen) atoms. The van der Waals surface area contributed by atoms with Gasteiger partial charge in [0.1, 0.15) is 17.7 Å². The molecule has 0 bridgehead atoms. The summed E-state index contributed by atoms with van der Waals surface area (Å²) in [5.74, 6) is 0.754. The summed E-state index contributed by atoms with van der Waals surface area (Å²) in [5, 5.41) is 4.31. The molecule has 1 aromatic heterocycles. The molecular formula is C25H29ClN6O2. The number of carbonyl (C=O) groups is 2. The number of nitrogens with two attached hydrogens (primary N) is 1. The van der Waals surface area contributed by atoms with E-state index >= 15 is 0 Å². The second kappa shape index (κ2) is 10.4. The zero-order chi connectivity index (χ0) is 24.2. The van der Waals surface area contributed by atoms with E-state index in [0.29, 0.717) is 55.0 Å². The van der Waals surface area contributed by atoms with Crippen LogP contribution in [0.1, 0.15) is 30.0 Å². The zero-order valence-corrected chi connectivity index (χ0v) is 20.1. The van der Waals surface area contributed by atoms with Crippen LogP contribution in [0.15, 0.2) is 48.5 Å². The number of hydrogen-bond acceptors (Lipinski definition) is 6. The van der Waals surface area contributed by atoms with Crippen LogP contribution in [0.5, 0.6) is 0 Å². The van der Waals surface area contributed by atoms with Crippen LogP contribution in [-0.2, 0) is 11.3 Å². The van der Waals surface area contributed by atoms with Gasteiger partial charge >= 0.3 is 0 Å². The van der Waals surface area contributed by atoms with Crippen molar-refractivity contribution in [3.63, 3.8) is 0 Å². The number of anilines is 1. The van der Waals surface area contributed by atoms with Gasteiger partial charge in [-0.25, -0.2) is 9.97 Å². The lowest BCUT2D eigenvalue weighted by molar-refractivity contribution is -0.136. The Morgan fingerprint density at radius 3 is 2.38 bits per heavy atom. The average molecular weight is 481 g/mol. The van der Waals surface area contributed by atoms with Crippen LogP contribution < -0.4 is 11.1 Å². The molecule has 0 spiro atoms. The fraction of sp³-hybridized carbons (Fsp3) is 0.360. The van der Waals surface area contributed by atoms with E-state index in [1.807, 2.05) is 43.0 Å². The first kappa shape index (κ1) is 23.9. The van der Waals surface area contributed by atoms with E-state index in [4.69, 9.17) is 17.3 Å². The number of hydrogen-bond donors (Lipinski definition) is 2. The van der Waals surface area contributed by atoms with Gasteiger partial charge in [0.25, 0.3) is 5.91 Å². The van der Waals surface area contributed by atoms with E-state index in [1.165, 1.54) is 0 Å². The van der Waals surface area contributed by atoms with E-state index in [-0.39, 0.29) is 17.7 Å². The van der Waals surface area contributed by atoms with E-state index in [9.17, 15) is 9.59 Å². The predicted molar refractivity (Wildman–Crippen MR) is 133 cm³/mol. The lowest BCUT2D eigenvalue weighted by Crippen LogP contribution is -2.56. The Morgan fingerprint density at radius 1 is 1.03 bits per heavy atom. The molecule has 2 amide bonds. The van der Waals surface area contributed by atoms with Gasteiger partial charge in [-0.2, -0.15) is 0 Å². The molecule has 1 aliphatic rings. The third kappa shape index (κ3) is 5.46. The quantitative estimate of drug-likeness (QED) is 0.562. The summed E-state index contributed by atoms with van der Waals surface area (Å²) in [7, 11) is 0. The van der Waals surface area contributed by atoms with Gasteiger partial charge in [-0.05, 0) is 42.3 Å². The van der Waals surface area contributed by atoms with Crippen molar-refractivity contribution in [2.45, 2.75) is 26.4 Å². The van der Waals surface area contributed by atoms with Crippen LogP contribution in [-0.4, -0.2) is 63.8 Å². The minimum absolute atomic E-state index is 0.0456. The number of carbonyl (C=O) groups excluding carboxylic acids is 2. The van der Waals surface area contributed by atoms with Crippen molar-refractivity contribution in [3.05, 3.63) is 64.9 Å². The number of aromatic nitrogens is 2. The molecule has 8 nitrogen and oxygen atoms in total. The third-order valence-corrected chi connectivity index (χ3v) is 6.31. The van der Waals surface area contributed by atoms with Crippen molar-refractivity contribution < 1.29 is 9.59 Å². The minimum Gasteiger partial charge on any atom is -0.383 e. The third-order valence-electron chi connectivity index (χ3n) is 6.05. The van der Waals surface area contributed by atoms with Gasteiger partial charge in [-0.1, -0.05) is 37.6 Å². The number of fused-ring (bicyclic) bond motifs is 1. The highest BCUT2D eigenvalue weighted by Gasteiger charge is 2.31. The minimum atomic E-state index is -0.599. The zero-order valence-electron chi connectivity index (χ0n) is 19.4. The van der Waals surface area contributed by atoms with E-state index < -0.39 is 6.04 Å². The molecule has 3 N–H and O–H groups in total. The molecule has 2 heterocycles. The van der Waals surface area contributed by atoms with Crippen molar-refractivity contribution in [2.75, 3.05) is 31.9 Å². The maximum Gasteiger partial charge on any atom is 0.251 e. The van der Waals surface area contributed by atoms with E-state index in [0.717, 1.165) is 10.9 Å². The van der Waals surface area contributed by atoms with E-state index in [1.54, 1.807) is 24.3 Å². The molecule has 0 radical (unpaired) electrons. The predicted octanol–water partition coefficient (Wildman–Crippen LogP) is 2.96. The van der Waals surface area contributed by atoms with E-state index in [2.05, 4.69) is 20.2 Å². The first-order chi connectivity index (χ1) is 16.3. The first-order valence-corrected chi connectivity index (χ1v) is 11.8. The topological polar surface area (TPSA) is 104 Å². The number of nitrogens with one attached hydrogen (secondary N) is 1. The molecular weight excluding hydrogens is 452 g/mol. The SMILES string of the molecule is CC(C)[C@H](NC(=O)c1ccc(Cl)cc1)C(=O)N1CCN(Cc2nc(N)c3ccccc3n2)CC1. The number of amides is 2. The molecule has 0 aliphatic carbocycles. The summed E-state index contributed by atoms with van der Waals surface area (Å²) in [6.45, 7) is 6.96. The van der Waals surface area contributed by atoms with Crippen LogP contribution in [0.25, 0.3) is 10.9 Å². The molecule has 9 heteroatoms. The highest BCUT2D eigenvalue weighted by Crippen LogP contribution is 2.18. The number of nitrogens with zero attached hydrogens (tertiary/aromatic N) is 4. The summed E-state index contributed by atoms with van der Waals surface area (Å²) in [5.41, 5.74) is 7.41. The first-order valence-electron chi connectivity index (χ1n) is 11.4. The molecule has 0 saturated carbocycles. The molecule has 178 valence electrons. The smallest absolute Gasteiger partial charge is 0.251 e. The van der Waals surface area contributed by atoms with Crippen LogP contribution >= 0.6 is 11.6 Å². The summed E-state index contributed by atoms with van der Waals surface area (Å²) < 4.78 is 0.